The molecule has 0 bridgehead atoms. The molecule has 2 rings (SSSR count). The van der Waals surface area contributed by atoms with Crippen molar-refractivity contribution >= 4 is 36.8 Å². The first kappa shape index (κ1) is 14.1. The Morgan fingerprint density at radius 1 is 1.26 bits per heavy atom. The Hall–Kier alpha value is -1.35. The molecule has 0 aliphatic rings. The Labute approximate surface area is 114 Å². The van der Waals surface area contributed by atoms with Gasteiger partial charge in [-0.25, -0.2) is 4.98 Å². The highest BCUT2D eigenvalue weighted by Crippen LogP contribution is 2.29. The van der Waals surface area contributed by atoms with E-state index >= 15 is 0 Å². The van der Waals surface area contributed by atoms with E-state index in [9.17, 15) is 21.6 Å². The zero-order valence-corrected chi connectivity index (χ0v) is 11.4. The van der Waals surface area contributed by atoms with Gasteiger partial charge in [-0.2, -0.15) is 21.6 Å². The zero-order chi connectivity index (χ0) is 14.3. The molecule has 0 saturated heterocycles. The zero-order valence-electron chi connectivity index (χ0n) is 8.98. The van der Waals surface area contributed by atoms with Crippen molar-refractivity contribution in [3.8, 4) is 5.88 Å². The number of pyridine rings is 1. The highest BCUT2D eigenvalue weighted by atomic mass is 79.9. The second-order valence-electron chi connectivity index (χ2n) is 3.47. The van der Waals surface area contributed by atoms with Crippen LogP contribution in [0.2, 0.25) is 0 Å². The van der Waals surface area contributed by atoms with Gasteiger partial charge in [-0.15, -0.1) is 0 Å². The maximum atomic E-state index is 12.1. The molecule has 1 heterocycles. The highest BCUT2D eigenvalue weighted by molar-refractivity contribution is 9.10. The van der Waals surface area contributed by atoms with E-state index in [1.54, 1.807) is 18.2 Å². The van der Waals surface area contributed by atoms with Crippen LogP contribution in [-0.4, -0.2) is 18.9 Å². The molecule has 0 spiro atoms. The Morgan fingerprint density at radius 2 is 1.95 bits per heavy atom. The monoisotopic (exact) mass is 355 g/mol. The van der Waals surface area contributed by atoms with Crippen molar-refractivity contribution < 1.29 is 25.8 Å². The molecule has 0 unspecified atom stereocenters. The lowest BCUT2D eigenvalue weighted by Gasteiger charge is -2.09. The Morgan fingerprint density at radius 3 is 2.58 bits per heavy atom. The fourth-order valence-electron chi connectivity index (χ4n) is 1.32. The Bertz CT molecular complexity index is 730. The third-order valence-corrected chi connectivity index (χ3v) is 3.81. The van der Waals surface area contributed by atoms with Crippen molar-refractivity contribution in [2.75, 3.05) is 0 Å². The average Bonchev–Trinajstić information content (AvgIpc) is 2.27. The standard InChI is InChI=1S/C10H5BrF3NO3S/c11-8-3-1-2-6-4-9(15-5-7(6)8)18-19(16,17)10(12,13)14/h1-5H. The van der Waals surface area contributed by atoms with Gasteiger partial charge < -0.3 is 4.18 Å². The molecule has 1 aromatic heterocycles. The van der Waals surface area contributed by atoms with Crippen LogP contribution in [0.5, 0.6) is 5.88 Å². The topological polar surface area (TPSA) is 56.3 Å². The molecule has 9 heteroatoms. The van der Waals surface area contributed by atoms with Crippen LogP contribution in [0.1, 0.15) is 0 Å². The van der Waals surface area contributed by atoms with Crippen LogP contribution in [0.25, 0.3) is 10.8 Å². The Kier molecular flexibility index (Phi) is 3.43. The largest absolute Gasteiger partial charge is 0.534 e. The smallest absolute Gasteiger partial charge is 0.355 e. The molecule has 0 aliphatic heterocycles. The van der Waals surface area contributed by atoms with Gasteiger partial charge in [0.25, 0.3) is 0 Å². The maximum Gasteiger partial charge on any atom is 0.534 e. The number of fused-ring (bicyclic) bond motifs is 1. The fourth-order valence-corrected chi connectivity index (χ4v) is 2.21. The molecule has 0 aliphatic carbocycles. The van der Waals surface area contributed by atoms with Gasteiger partial charge in [0, 0.05) is 22.1 Å². The third kappa shape index (κ3) is 2.81. The minimum Gasteiger partial charge on any atom is -0.355 e. The number of halogens is 4. The van der Waals surface area contributed by atoms with Crippen LogP contribution >= 0.6 is 15.9 Å². The van der Waals surface area contributed by atoms with Crippen LogP contribution < -0.4 is 4.18 Å². The van der Waals surface area contributed by atoms with Gasteiger partial charge in [0.05, 0.1) is 0 Å². The van der Waals surface area contributed by atoms with Crippen LogP contribution in [0.4, 0.5) is 13.2 Å². The minimum absolute atomic E-state index is 0.497. The third-order valence-electron chi connectivity index (χ3n) is 2.17. The molecule has 1 aromatic carbocycles. The van der Waals surface area contributed by atoms with Crippen LogP contribution in [-0.2, 0) is 10.1 Å². The number of nitrogens with zero attached hydrogens (tertiary/aromatic N) is 1. The number of alkyl halides is 3. The summed E-state index contributed by atoms with van der Waals surface area (Å²) in [5, 5.41) is 1.12. The summed E-state index contributed by atoms with van der Waals surface area (Å²) in [4.78, 5) is 3.54. The van der Waals surface area contributed by atoms with Gasteiger partial charge in [-0.05, 0) is 11.5 Å². The number of rotatable bonds is 2. The Balaban J connectivity index is 2.44. The predicted octanol–water partition coefficient (Wildman–Crippen LogP) is 3.23. The lowest BCUT2D eigenvalue weighted by molar-refractivity contribution is -0.0501. The maximum absolute atomic E-state index is 12.1. The first-order chi connectivity index (χ1) is 8.71. The SMILES string of the molecule is O=S(=O)(Oc1cc2cccc(Br)c2cn1)C(F)(F)F. The van der Waals surface area contributed by atoms with Crippen molar-refractivity contribution in [2.45, 2.75) is 5.51 Å². The molecule has 0 N–H and O–H groups in total. The molecule has 2 aromatic rings. The number of aromatic nitrogens is 1. The number of hydrogen-bond acceptors (Lipinski definition) is 4. The normalized spacial score (nSPS) is 12.6. The van der Waals surface area contributed by atoms with Crippen molar-refractivity contribution in [2.24, 2.45) is 0 Å². The summed E-state index contributed by atoms with van der Waals surface area (Å²) in [5.41, 5.74) is -5.49. The molecular formula is C10H5BrF3NO3S. The summed E-state index contributed by atoms with van der Waals surface area (Å²) in [6, 6.07) is 6.07. The lowest BCUT2D eigenvalue weighted by atomic mass is 10.2. The predicted molar refractivity (Wildman–Crippen MR) is 65.0 cm³/mol. The number of benzene rings is 1. The van der Waals surface area contributed by atoms with E-state index in [0.29, 0.717) is 15.2 Å². The highest BCUT2D eigenvalue weighted by Gasteiger charge is 2.48. The van der Waals surface area contributed by atoms with E-state index in [0.717, 1.165) is 6.07 Å². The van der Waals surface area contributed by atoms with E-state index in [1.165, 1.54) is 6.20 Å². The van der Waals surface area contributed by atoms with Crippen molar-refractivity contribution in [3.05, 3.63) is 34.9 Å². The lowest BCUT2D eigenvalue weighted by Crippen LogP contribution is -2.28. The molecule has 0 fully saturated rings. The molecular weight excluding hydrogens is 351 g/mol. The van der Waals surface area contributed by atoms with E-state index in [4.69, 9.17) is 0 Å². The summed E-state index contributed by atoms with van der Waals surface area (Å²) in [7, 11) is -5.70. The summed E-state index contributed by atoms with van der Waals surface area (Å²) >= 11 is 3.24. The van der Waals surface area contributed by atoms with E-state index in [2.05, 4.69) is 25.1 Å². The van der Waals surface area contributed by atoms with Gasteiger partial charge in [0.15, 0.2) is 0 Å². The molecule has 0 radical (unpaired) electrons. The molecule has 102 valence electrons. The van der Waals surface area contributed by atoms with Crippen molar-refractivity contribution in [1.82, 2.24) is 4.98 Å². The first-order valence-electron chi connectivity index (χ1n) is 4.76. The van der Waals surface area contributed by atoms with Gasteiger partial charge >= 0.3 is 15.6 Å². The molecule has 0 atom stereocenters. The fraction of sp³-hybridized carbons (Fsp3) is 0.100. The van der Waals surface area contributed by atoms with E-state index in [-0.39, 0.29) is 0 Å². The summed E-state index contributed by atoms with van der Waals surface area (Å²) in [6.07, 6.45) is 1.22. The van der Waals surface area contributed by atoms with Gasteiger partial charge in [-0.1, -0.05) is 28.1 Å². The van der Waals surface area contributed by atoms with Crippen molar-refractivity contribution in [3.63, 3.8) is 0 Å². The molecule has 0 saturated carbocycles. The second-order valence-corrected chi connectivity index (χ2v) is 5.86. The van der Waals surface area contributed by atoms with Gasteiger partial charge in [-0.3, -0.25) is 0 Å². The van der Waals surface area contributed by atoms with Crippen LogP contribution in [0, 0.1) is 0 Å². The van der Waals surface area contributed by atoms with Gasteiger partial charge in [0.2, 0.25) is 5.88 Å². The second kappa shape index (κ2) is 4.64. The van der Waals surface area contributed by atoms with Crippen LogP contribution in [0.3, 0.4) is 0 Å². The van der Waals surface area contributed by atoms with Gasteiger partial charge in [0.1, 0.15) is 0 Å². The first-order valence-corrected chi connectivity index (χ1v) is 6.96. The average molecular weight is 356 g/mol. The molecule has 19 heavy (non-hydrogen) atoms. The summed E-state index contributed by atoms with van der Waals surface area (Å²) < 4.78 is 62.7. The number of hydrogen-bond donors (Lipinski definition) is 0. The molecule has 4 nitrogen and oxygen atoms in total. The summed E-state index contributed by atoms with van der Waals surface area (Å²) in [5.74, 6) is -0.636. The summed E-state index contributed by atoms with van der Waals surface area (Å²) in [6.45, 7) is 0. The van der Waals surface area contributed by atoms with Crippen LogP contribution in [0.15, 0.2) is 34.9 Å². The van der Waals surface area contributed by atoms with E-state index < -0.39 is 21.5 Å². The minimum atomic E-state index is -5.70. The molecule has 0 amide bonds. The quantitative estimate of drug-likeness (QED) is 0.613. The van der Waals surface area contributed by atoms with E-state index in [1.807, 2.05) is 0 Å². The van der Waals surface area contributed by atoms with Crippen molar-refractivity contribution in [1.29, 1.82) is 0 Å².